The molecule has 0 unspecified atom stereocenters. The summed E-state index contributed by atoms with van der Waals surface area (Å²) in [5, 5.41) is 2.63. The second kappa shape index (κ2) is 8.13. The highest BCUT2D eigenvalue weighted by atomic mass is 19.1. The molecule has 1 amide bonds. The number of fused-ring (bicyclic) bond motifs is 1. The van der Waals surface area contributed by atoms with Crippen LogP contribution in [-0.2, 0) is 4.79 Å². The minimum Gasteiger partial charge on any atom is -0.494 e. The van der Waals surface area contributed by atoms with Gasteiger partial charge >= 0.3 is 0 Å². The van der Waals surface area contributed by atoms with E-state index < -0.39 is 0 Å². The maximum atomic E-state index is 13.3. The van der Waals surface area contributed by atoms with Crippen molar-refractivity contribution in [1.82, 2.24) is 0 Å². The Morgan fingerprint density at radius 2 is 1.85 bits per heavy atom. The lowest BCUT2D eigenvalue weighted by molar-refractivity contribution is -0.110. The number of aliphatic imine (C=N–C) groups is 1. The molecule has 1 aliphatic heterocycles. The average molecular weight is 354 g/mol. The predicted molar refractivity (Wildman–Crippen MR) is 102 cm³/mol. The Morgan fingerprint density at radius 1 is 1.12 bits per heavy atom. The summed E-state index contributed by atoms with van der Waals surface area (Å²) in [4.78, 5) is 16.5. The number of carbonyl (C=O) groups is 1. The van der Waals surface area contributed by atoms with Crippen molar-refractivity contribution < 1.29 is 13.9 Å². The van der Waals surface area contributed by atoms with E-state index in [1.54, 1.807) is 6.07 Å². The van der Waals surface area contributed by atoms with Crippen LogP contribution in [0.1, 0.15) is 38.7 Å². The number of nitrogens with one attached hydrogen (secondary N) is 1. The van der Waals surface area contributed by atoms with Crippen molar-refractivity contribution in [1.29, 1.82) is 0 Å². The number of benzene rings is 2. The number of nitrogens with zero attached hydrogens (tertiary/aromatic N) is 1. The van der Waals surface area contributed by atoms with Crippen molar-refractivity contribution in [3.05, 3.63) is 53.8 Å². The molecule has 0 saturated carbocycles. The van der Waals surface area contributed by atoms with Gasteiger partial charge in [0.2, 0.25) is 0 Å². The van der Waals surface area contributed by atoms with Crippen molar-refractivity contribution in [3.8, 4) is 5.75 Å². The fourth-order valence-electron chi connectivity index (χ4n) is 3.03. The van der Waals surface area contributed by atoms with E-state index in [1.807, 2.05) is 24.3 Å². The summed E-state index contributed by atoms with van der Waals surface area (Å²) < 4.78 is 19.1. The highest BCUT2D eigenvalue weighted by Gasteiger charge is 2.26. The normalized spacial score (nSPS) is 14.6. The molecule has 1 aliphatic rings. The van der Waals surface area contributed by atoms with Gasteiger partial charge < -0.3 is 10.1 Å². The highest BCUT2D eigenvalue weighted by Crippen LogP contribution is 2.27. The van der Waals surface area contributed by atoms with Crippen LogP contribution in [0.3, 0.4) is 0 Å². The number of hydrogen-bond acceptors (Lipinski definition) is 3. The molecule has 0 atom stereocenters. The summed E-state index contributed by atoms with van der Waals surface area (Å²) in [6, 6.07) is 11.5. The SMILES string of the molecule is CCC(CC)CCOc1ccc(/N=C2\C(=O)Nc3cc(F)ccc32)cc1. The standard InChI is InChI=1S/C21H23FN2O2/c1-3-14(4-2)11-12-26-17-8-6-16(7-9-17)23-20-18-10-5-15(22)13-19(18)24-21(20)25/h5-10,13-14H,3-4,11-12H2,1-2H3,(H,23,24,25). The predicted octanol–water partition coefficient (Wildman–Crippen LogP) is 5.10. The van der Waals surface area contributed by atoms with Crippen molar-refractivity contribution >= 4 is 23.0 Å². The summed E-state index contributed by atoms with van der Waals surface area (Å²) in [7, 11) is 0. The summed E-state index contributed by atoms with van der Waals surface area (Å²) in [5.74, 6) is 0.779. The largest absolute Gasteiger partial charge is 0.494 e. The fraction of sp³-hybridized carbons (Fsp3) is 0.333. The van der Waals surface area contributed by atoms with Crippen LogP contribution in [0.2, 0.25) is 0 Å². The Labute approximate surface area is 153 Å². The minimum atomic E-state index is -0.389. The monoisotopic (exact) mass is 354 g/mol. The van der Waals surface area contributed by atoms with E-state index in [0.717, 1.165) is 12.2 Å². The van der Waals surface area contributed by atoms with Crippen molar-refractivity contribution in [2.24, 2.45) is 10.9 Å². The molecule has 0 spiro atoms. The van der Waals surface area contributed by atoms with Crippen LogP contribution in [0, 0.1) is 11.7 Å². The summed E-state index contributed by atoms with van der Waals surface area (Å²) in [5.41, 5.74) is 2.01. The zero-order valence-electron chi connectivity index (χ0n) is 15.1. The summed E-state index contributed by atoms with van der Waals surface area (Å²) in [6.45, 7) is 5.10. The number of amides is 1. The third-order valence-electron chi connectivity index (χ3n) is 4.73. The Hall–Kier alpha value is -2.69. The van der Waals surface area contributed by atoms with Gasteiger partial charge in [0.1, 0.15) is 17.3 Å². The Balaban J connectivity index is 1.68. The summed E-state index contributed by atoms with van der Waals surface area (Å²) >= 11 is 0. The molecule has 1 N–H and O–H groups in total. The van der Waals surface area contributed by atoms with Gasteiger partial charge in [-0.3, -0.25) is 4.79 Å². The van der Waals surface area contributed by atoms with Crippen LogP contribution in [0.5, 0.6) is 5.75 Å². The Morgan fingerprint density at radius 3 is 2.54 bits per heavy atom. The minimum absolute atomic E-state index is 0.294. The van der Waals surface area contributed by atoms with E-state index in [9.17, 15) is 9.18 Å². The van der Waals surface area contributed by atoms with E-state index in [2.05, 4.69) is 24.2 Å². The van der Waals surface area contributed by atoms with E-state index in [4.69, 9.17) is 4.74 Å². The van der Waals surface area contributed by atoms with Gasteiger partial charge in [0.25, 0.3) is 5.91 Å². The molecule has 2 aromatic rings. The first kappa shape index (κ1) is 18.1. The van der Waals surface area contributed by atoms with Crippen molar-refractivity contribution in [3.63, 3.8) is 0 Å². The molecule has 26 heavy (non-hydrogen) atoms. The van der Waals surface area contributed by atoms with Crippen LogP contribution in [0.15, 0.2) is 47.5 Å². The zero-order chi connectivity index (χ0) is 18.5. The molecular weight excluding hydrogens is 331 g/mol. The average Bonchev–Trinajstić information content (AvgIpc) is 2.94. The second-order valence-corrected chi connectivity index (χ2v) is 6.42. The van der Waals surface area contributed by atoms with Gasteiger partial charge in [-0.05, 0) is 54.8 Å². The highest BCUT2D eigenvalue weighted by molar-refractivity contribution is 6.54. The maximum absolute atomic E-state index is 13.3. The van der Waals surface area contributed by atoms with Gasteiger partial charge in [-0.1, -0.05) is 26.7 Å². The van der Waals surface area contributed by atoms with Gasteiger partial charge in [-0.15, -0.1) is 0 Å². The number of ether oxygens (including phenoxy) is 1. The molecule has 5 heteroatoms. The van der Waals surface area contributed by atoms with Gasteiger partial charge in [-0.2, -0.15) is 0 Å². The first-order valence-corrected chi connectivity index (χ1v) is 9.03. The summed E-state index contributed by atoms with van der Waals surface area (Å²) in [6.07, 6.45) is 3.39. The van der Waals surface area contributed by atoms with E-state index >= 15 is 0 Å². The van der Waals surface area contributed by atoms with Gasteiger partial charge in [-0.25, -0.2) is 9.38 Å². The molecule has 1 heterocycles. The van der Waals surface area contributed by atoms with Gasteiger partial charge in [0, 0.05) is 5.56 Å². The number of anilines is 1. The molecule has 136 valence electrons. The topological polar surface area (TPSA) is 50.7 Å². The van der Waals surface area contributed by atoms with Crippen molar-refractivity contribution in [2.45, 2.75) is 33.1 Å². The molecule has 0 aliphatic carbocycles. The molecule has 0 saturated heterocycles. The first-order chi connectivity index (χ1) is 12.6. The van der Waals surface area contributed by atoms with Crippen LogP contribution in [-0.4, -0.2) is 18.2 Å². The van der Waals surface area contributed by atoms with Gasteiger partial charge in [0.15, 0.2) is 0 Å². The lowest BCUT2D eigenvalue weighted by Crippen LogP contribution is -2.13. The molecule has 0 bridgehead atoms. The van der Waals surface area contributed by atoms with E-state index in [-0.39, 0.29) is 11.7 Å². The maximum Gasteiger partial charge on any atom is 0.275 e. The van der Waals surface area contributed by atoms with E-state index in [1.165, 1.54) is 25.0 Å². The lowest BCUT2D eigenvalue weighted by atomic mass is 10.0. The second-order valence-electron chi connectivity index (χ2n) is 6.42. The first-order valence-electron chi connectivity index (χ1n) is 9.03. The third-order valence-corrected chi connectivity index (χ3v) is 4.73. The molecule has 2 aromatic carbocycles. The number of halogens is 1. The number of carbonyl (C=O) groups excluding carboxylic acids is 1. The molecule has 3 rings (SSSR count). The Bertz CT molecular complexity index is 811. The fourth-order valence-corrected chi connectivity index (χ4v) is 3.03. The number of hydrogen-bond donors (Lipinski definition) is 1. The van der Waals surface area contributed by atoms with E-state index in [0.29, 0.717) is 35.2 Å². The lowest BCUT2D eigenvalue weighted by Gasteiger charge is -2.12. The van der Waals surface area contributed by atoms with Crippen LogP contribution in [0.25, 0.3) is 0 Å². The number of rotatable bonds is 7. The zero-order valence-corrected chi connectivity index (χ0v) is 15.1. The Kier molecular flexibility index (Phi) is 5.66. The van der Waals surface area contributed by atoms with Gasteiger partial charge in [0.05, 0.1) is 18.0 Å². The van der Waals surface area contributed by atoms with Crippen LogP contribution in [0.4, 0.5) is 15.8 Å². The smallest absolute Gasteiger partial charge is 0.275 e. The molecular formula is C21H23FN2O2. The third kappa shape index (κ3) is 4.10. The van der Waals surface area contributed by atoms with Crippen molar-refractivity contribution in [2.75, 3.05) is 11.9 Å². The molecule has 0 fully saturated rings. The quantitative estimate of drug-likeness (QED) is 0.752. The molecule has 0 radical (unpaired) electrons. The molecule has 4 nitrogen and oxygen atoms in total. The van der Waals surface area contributed by atoms with Crippen LogP contribution >= 0.6 is 0 Å². The molecule has 0 aromatic heterocycles. The van der Waals surface area contributed by atoms with Crippen LogP contribution < -0.4 is 10.1 Å².